The first kappa shape index (κ1) is 18.9. The maximum Gasteiger partial charge on any atom is 0.339 e. The number of aromatic amines is 1. The first-order valence-corrected chi connectivity index (χ1v) is 11.3. The van der Waals surface area contributed by atoms with Gasteiger partial charge in [-0.2, -0.15) is 0 Å². The smallest absolute Gasteiger partial charge is 0.339 e. The van der Waals surface area contributed by atoms with Crippen LogP contribution in [0.5, 0.6) is 0 Å². The van der Waals surface area contributed by atoms with Crippen molar-refractivity contribution in [1.82, 2.24) is 9.97 Å². The van der Waals surface area contributed by atoms with Gasteiger partial charge in [0, 0.05) is 6.20 Å². The number of carbonyl (C=O) groups is 1. The Morgan fingerprint density at radius 3 is 2.60 bits per heavy atom. The fourth-order valence-corrected chi connectivity index (χ4v) is 2.73. The van der Waals surface area contributed by atoms with E-state index in [9.17, 15) is 9.59 Å². The number of hydrogen-bond donors (Lipinski definition) is 1. The minimum absolute atomic E-state index is 0.121. The highest BCUT2D eigenvalue weighted by molar-refractivity contribution is 6.87. The zero-order valence-electron chi connectivity index (χ0n) is 15.6. The predicted octanol–water partition coefficient (Wildman–Crippen LogP) is 3.50. The average Bonchev–Trinajstić information content (AvgIpc) is 2.51. The van der Waals surface area contributed by atoms with Crippen molar-refractivity contribution in [1.29, 1.82) is 0 Å². The number of carbonyl (C=O) groups excluding carboxylic acids is 1. The summed E-state index contributed by atoms with van der Waals surface area (Å²) in [6, 6.07) is 3.25. The van der Waals surface area contributed by atoms with Gasteiger partial charge >= 0.3 is 5.97 Å². The van der Waals surface area contributed by atoms with Crippen molar-refractivity contribution in [3.8, 4) is 11.5 Å². The van der Waals surface area contributed by atoms with Crippen LogP contribution in [0, 0.1) is 11.5 Å². The molecule has 5 nitrogen and oxygen atoms in total. The third kappa shape index (κ3) is 4.17. The molecule has 0 unspecified atom stereocenters. The van der Waals surface area contributed by atoms with E-state index >= 15 is 0 Å². The van der Waals surface area contributed by atoms with Gasteiger partial charge in [0.2, 0.25) is 0 Å². The molecule has 0 radical (unpaired) electrons. The molecule has 0 fully saturated rings. The molecule has 0 aliphatic carbocycles. The van der Waals surface area contributed by atoms with E-state index in [1.165, 1.54) is 6.20 Å². The molecule has 2 aromatic rings. The number of rotatable bonds is 2. The lowest BCUT2D eigenvalue weighted by Gasteiger charge is -2.31. The largest absolute Gasteiger partial charge is 0.462 e. The van der Waals surface area contributed by atoms with Gasteiger partial charge in [0.05, 0.1) is 28.8 Å². The van der Waals surface area contributed by atoms with Crippen LogP contribution in [0.3, 0.4) is 0 Å². The van der Waals surface area contributed by atoms with Crippen molar-refractivity contribution in [3.05, 3.63) is 39.8 Å². The van der Waals surface area contributed by atoms with Gasteiger partial charge in [-0.15, -0.1) is 5.54 Å². The standard InChI is InChI=1S/C19H24N2O3Si/c1-7-24-18(23)14-11-16-15(20-12-14)10-13(17(22)21-16)8-9-25(5,6)19(2,3)4/h10-12H,7H2,1-6H3,(H,21,22). The van der Waals surface area contributed by atoms with E-state index < -0.39 is 14.0 Å². The second-order valence-corrected chi connectivity index (χ2v) is 12.5. The number of nitrogens with zero attached hydrogens (tertiary/aromatic N) is 1. The summed E-state index contributed by atoms with van der Waals surface area (Å²) in [5.74, 6) is 2.59. The van der Waals surface area contributed by atoms with Gasteiger partial charge in [-0.05, 0) is 24.1 Å². The molecule has 0 amide bonds. The van der Waals surface area contributed by atoms with Gasteiger partial charge in [-0.3, -0.25) is 9.78 Å². The molecule has 0 aromatic carbocycles. The maximum atomic E-state index is 12.3. The maximum absolute atomic E-state index is 12.3. The molecular formula is C19H24N2O3Si. The van der Waals surface area contributed by atoms with Crippen LogP contribution in [0.1, 0.15) is 43.6 Å². The normalized spacial score (nSPS) is 11.8. The highest BCUT2D eigenvalue weighted by atomic mass is 28.3. The molecule has 0 bridgehead atoms. The molecule has 0 spiro atoms. The molecular weight excluding hydrogens is 332 g/mol. The van der Waals surface area contributed by atoms with E-state index in [0.717, 1.165) is 0 Å². The van der Waals surface area contributed by atoms with Crippen molar-refractivity contribution in [2.24, 2.45) is 0 Å². The van der Waals surface area contributed by atoms with Crippen molar-refractivity contribution in [2.45, 2.75) is 45.8 Å². The van der Waals surface area contributed by atoms with Crippen LogP contribution in [0.4, 0.5) is 0 Å². The van der Waals surface area contributed by atoms with Gasteiger partial charge in [0.15, 0.2) is 0 Å². The van der Waals surface area contributed by atoms with Crippen LogP contribution in [0.2, 0.25) is 18.1 Å². The highest BCUT2D eigenvalue weighted by Gasteiger charge is 2.33. The van der Waals surface area contributed by atoms with Crippen LogP contribution in [-0.4, -0.2) is 30.6 Å². The van der Waals surface area contributed by atoms with Gasteiger partial charge < -0.3 is 9.72 Å². The summed E-state index contributed by atoms with van der Waals surface area (Å²) in [5.41, 5.74) is 4.85. The van der Waals surface area contributed by atoms with Crippen molar-refractivity contribution in [2.75, 3.05) is 6.61 Å². The van der Waals surface area contributed by atoms with Gasteiger partial charge in [0.1, 0.15) is 8.07 Å². The van der Waals surface area contributed by atoms with Crippen molar-refractivity contribution < 1.29 is 9.53 Å². The molecule has 2 rings (SSSR count). The number of esters is 1. The molecule has 0 saturated carbocycles. The monoisotopic (exact) mass is 356 g/mol. The van der Waals surface area contributed by atoms with Crippen molar-refractivity contribution in [3.63, 3.8) is 0 Å². The second kappa shape index (κ2) is 6.85. The lowest BCUT2D eigenvalue weighted by atomic mass is 10.2. The topological polar surface area (TPSA) is 72.0 Å². The molecule has 6 heteroatoms. The van der Waals surface area contributed by atoms with Crippen LogP contribution in [-0.2, 0) is 4.74 Å². The Kier molecular flexibility index (Phi) is 5.19. The minimum atomic E-state index is -1.81. The average molecular weight is 356 g/mol. The van der Waals surface area contributed by atoms with Crippen LogP contribution in [0.25, 0.3) is 11.0 Å². The molecule has 0 atom stereocenters. The summed E-state index contributed by atoms with van der Waals surface area (Å²) < 4.78 is 4.95. The highest BCUT2D eigenvalue weighted by Crippen LogP contribution is 2.35. The summed E-state index contributed by atoms with van der Waals surface area (Å²) >= 11 is 0. The van der Waals surface area contributed by atoms with E-state index in [1.807, 2.05) is 0 Å². The van der Waals surface area contributed by atoms with E-state index in [2.05, 4.69) is 55.3 Å². The molecule has 0 saturated heterocycles. The van der Waals surface area contributed by atoms with Crippen molar-refractivity contribution >= 4 is 25.1 Å². The Balaban J connectivity index is 2.46. The molecule has 0 aliphatic rings. The summed E-state index contributed by atoms with van der Waals surface area (Å²) in [6.07, 6.45) is 1.45. The van der Waals surface area contributed by atoms with E-state index in [-0.39, 0.29) is 17.2 Å². The number of H-pyrrole nitrogens is 1. The Morgan fingerprint density at radius 1 is 1.32 bits per heavy atom. The number of pyridine rings is 2. The van der Waals surface area contributed by atoms with Gasteiger partial charge in [0.25, 0.3) is 5.56 Å². The summed E-state index contributed by atoms with van der Waals surface area (Å²) in [4.78, 5) is 31.1. The van der Waals surface area contributed by atoms with Gasteiger partial charge in [-0.25, -0.2) is 4.79 Å². The fourth-order valence-electron chi connectivity index (χ4n) is 1.91. The number of aromatic nitrogens is 2. The number of ether oxygens (including phenoxy) is 1. The molecule has 2 heterocycles. The Hall–Kier alpha value is -2.39. The fraction of sp³-hybridized carbons (Fsp3) is 0.421. The Labute approximate surface area is 148 Å². The van der Waals surface area contributed by atoms with E-state index in [0.29, 0.717) is 22.2 Å². The molecule has 2 aromatic heterocycles. The number of nitrogens with one attached hydrogen (secondary N) is 1. The SMILES string of the molecule is CCOC(=O)c1cnc2cc(C#C[Si](C)(C)C(C)(C)C)c(=O)[nH]c2c1. The summed E-state index contributed by atoms with van der Waals surface area (Å²) in [7, 11) is -1.81. The Bertz CT molecular complexity index is 928. The molecule has 132 valence electrons. The third-order valence-electron chi connectivity index (χ3n) is 4.59. The molecule has 25 heavy (non-hydrogen) atoms. The lowest BCUT2D eigenvalue weighted by Crippen LogP contribution is -2.35. The molecule has 1 N–H and O–H groups in total. The quantitative estimate of drug-likeness (QED) is 0.508. The number of fused-ring (bicyclic) bond motifs is 1. The first-order valence-electron chi connectivity index (χ1n) is 8.28. The van der Waals surface area contributed by atoms with Gasteiger partial charge in [-0.1, -0.05) is 39.8 Å². The zero-order valence-corrected chi connectivity index (χ0v) is 16.6. The van der Waals surface area contributed by atoms with E-state index in [1.54, 1.807) is 19.1 Å². The zero-order chi connectivity index (χ0) is 18.8. The lowest BCUT2D eigenvalue weighted by molar-refractivity contribution is 0.0526. The predicted molar refractivity (Wildman–Crippen MR) is 102 cm³/mol. The van der Waals surface area contributed by atoms with E-state index in [4.69, 9.17) is 4.74 Å². The number of hydrogen-bond acceptors (Lipinski definition) is 4. The third-order valence-corrected chi connectivity index (χ3v) is 9.09. The molecule has 0 aliphatic heterocycles. The summed E-state index contributed by atoms with van der Waals surface area (Å²) in [5, 5.41) is 0.121. The Morgan fingerprint density at radius 2 is 2.00 bits per heavy atom. The first-order chi connectivity index (χ1) is 11.5. The van der Waals surface area contributed by atoms with Crippen LogP contribution >= 0.6 is 0 Å². The van der Waals surface area contributed by atoms with Crippen LogP contribution < -0.4 is 5.56 Å². The van der Waals surface area contributed by atoms with Crippen LogP contribution in [0.15, 0.2) is 23.1 Å². The summed E-state index contributed by atoms with van der Waals surface area (Å²) in [6.45, 7) is 12.9. The minimum Gasteiger partial charge on any atom is -0.462 e. The second-order valence-electron chi connectivity index (χ2n) is 7.51.